The van der Waals surface area contributed by atoms with Crippen LogP contribution in [0, 0.1) is 5.92 Å². The lowest BCUT2D eigenvalue weighted by molar-refractivity contribution is 0.274. The lowest BCUT2D eigenvalue weighted by Gasteiger charge is -2.27. The molecular formula is C8H17N. The zero-order chi connectivity index (χ0) is 6.69. The molecule has 1 unspecified atom stereocenters. The maximum atomic E-state index is 5.78. The average Bonchev–Trinajstić information content (AvgIpc) is 1.78. The molecule has 0 aromatic carbocycles. The summed E-state index contributed by atoms with van der Waals surface area (Å²) in [5.74, 6) is 0.986. The summed E-state index contributed by atoms with van der Waals surface area (Å²) in [5, 5.41) is 0. The van der Waals surface area contributed by atoms with E-state index in [0.717, 1.165) is 12.3 Å². The van der Waals surface area contributed by atoms with E-state index in [1.807, 2.05) is 0 Å². The lowest BCUT2D eigenvalue weighted by atomic mass is 9.81. The van der Waals surface area contributed by atoms with E-state index in [4.69, 9.17) is 5.73 Å². The summed E-state index contributed by atoms with van der Waals surface area (Å²) >= 11 is 0. The van der Waals surface area contributed by atoms with Gasteiger partial charge in [-0.15, -0.1) is 0 Å². The highest BCUT2D eigenvalue weighted by Crippen LogP contribution is 2.30. The Hall–Kier alpha value is -0.0400. The first-order chi connectivity index (χ1) is 4.33. The van der Waals surface area contributed by atoms with Crippen LogP contribution in [-0.4, -0.2) is 6.04 Å². The van der Waals surface area contributed by atoms with Crippen LogP contribution in [0.3, 0.4) is 0 Å². The SMILES string of the molecule is CCC(N)CC1CCC1. The zero-order valence-corrected chi connectivity index (χ0v) is 6.27. The van der Waals surface area contributed by atoms with Crippen molar-refractivity contribution in [2.24, 2.45) is 11.7 Å². The highest BCUT2D eigenvalue weighted by molar-refractivity contribution is 4.74. The number of hydrogen-bond acceptors (Lipinski definition) is 1. The molecule has 54 valence electrons. The molecule has 0 spiro atoms. The summed E-state index contributed by atoms with van der Waals surface area (Å²) in [7, 11) is 0. The third-order valence-electron chi connectivity index (χ3n) is 2.39. The van der Waals surface area contributed by atoms with Crippen molar-refractivity contribution in [1.29, 1.82) is 0 Å². The second kappa shape index (κ2) is 3.21. The highest BCUT2D eigenvalue weighted by Gasteiger charge is 2.18. The molecule has 9 heavy (non-hydrogen) atoms. The Morgan fingerprint density at radius 3 is 2.56 bits per heavy atom. The summed E-state index contributed by atoms with van der Waals surface area (Å²) in [5.41, 5.74) is 5.78. The van der Waals surface area contributed by atoms with E-state index < -0.39 is 0 Å². The fourth-order valence-electron chi connectivity index (χ4n) is 1.32. The largest absolute Gasteiger partial charge is 0.328 e. The normalized spacial score (nSPS) is 23.3. The summed E-state index contributed by atoms with van der Waals surface area (Å²) in [6.45, 7) is 2.17. The minimum atomic E-state index is 0.482. The molecule has 1 rings (SSSR count). The van der Waals surface area contributed by atoms with Crippen molar-refractivity contribution < 1.29 is 0 Å². The average molecular weight is 127 g/mol. The van der Waals surface area contributed by atoms with Gasteiger partial charge in [0.05, 0.1) is 0 Å². The summed E-state index contributed by atoms with van der Waals surface area (Å²) in [6, 6.07) is 0.482. The quantitative estimate of drug-likeness (QED) is 0.615. The Morgan fingerprint density at radius 2 is 2.22 bits per heavy atom. The van der Waals surface area contributed by atoms with Crippen molar-refractivity contribution in [2.45, 2.75) is 45.1 Å². The highest BCUT2D eigenvalue weighted by atomic mass is 14.6. The molecule has 0 aromatic heterocycles. The topological polar surface area (TPSA) is 26.0 Å². The fourth-order valence-corrected chi connectivity index (χ4v) is 1.32. The van der Waals surface area contributed by atoms with Crippen LogP contribution in [-0.2, 0) is 0 Å². The number of nitrogens with two attached hydrogens (primary N) is 1. The molecule has 2 N–H and O–H groups in total. The molecule has 1 saturated carbocycles. The monoisotopic (exact) mass is 127 g/mol. The fraction of sp³-hybridized carbons (Fsp3) is 1.00. The molecule has 1 aliphatic carbocycles. The molecule has 0 aromatic rings. The smallest absolute Gasteiger partial charge is 0.00388 e. The van der Waals surface area contributed by atoms with E-state index in [-0.39, 0.29) is 0 Å². The van der Waals surface area contributed by atoms with Gasteiger partial charge in [0, 0.05) is 6.04 Å². The van der Waals surface area contributed by atoms with Gasteiger partial charge in [-0.2, -0.15) is 0 Å². The predicted octanol–water partition coefficient (Wildman–Crippen LogP) is 1.91. The Bertz CT molecular complexity index is 73.9. The maximum Gasteiger partial charge on any atom is 0.00388 e. The van der Waals surface area contributed by atoms with Gasteiger partial charge in [-0.3, -0.25) is 0 Å². The molecule has 0 bridgehead atoms. The third kappa shape index (κ3) is 1.98. The van der Waals surface area contributed by atoms with Crippen molar-refractivity contribution in [3.05, 3.63) is 0 Å². The molecule has 0 heterocycles. The number of rotatable bonds is 3. The first-order valence-corrected chi connectivity index (χ1v) is 4.08. The summed E-state index contributed by atoms with van der Waals surface area (Å²) in [6.07, 6.45) is 6.75. The van der Waals surface area contributed by atoms with Gasteiger partial charge >= 0.3 is 0 Å². The number of hydrogen-bond donors (Lipinski definition) is 1. The van der Waals surface area contributed by atoms with Gasteiger partial charge < -0.3 is 5.73 Å². The molecular weight excluding hydrogens is 110 g/mol. The van der Waals surface area contributed by atoms with Crippen LogP contribution in [0.25, 0.3) is 0 Å². The Balaban J connectivity index is 2.01. The predicted molar refractivity (Wildman–Crippen MR) is 40.2 cm³/mol. The van der Waals surface area contributed by atoms with E-state index in [1.54, 1.807) is 0 Å². The van der Waals surface area contributed by atoms with Gasteiger partial charge in [0.15, 0.2) is 0 Å². The molecule has 0 aliphatic heterocycles. The minimum absolute atomic E-state index is 0.482. The van der Waals surface area contributed by atoms with E-state index in [2.05, 4.69) is 6.92 Å². The standard InChI is InChI=1S/C8H17N/c1-2-8(9)6-7-4-3-5-7/h7-8H,2-6,9H2,1H3. The first-order valence-electron chi connectivity index (χ1n) is 4.08. The second-order valence-corrected chi connectivity index (χ2v) is 3.20. The van der Waals surface area contributed by atoms with Crippen molar-refractivity contribution in [3.63, 3.8) is 0 Å². The Kier molecular flexibility index (Phi) is 2.52. The van der Waals surface area contributed by atoms with Gasteiger partial charge in [0.25, 0.3) is 0 Å². The van der Waals surface area contributed by atoms with Crippen LogP contribution in [0.4, 0.5) is 0 Å². The molecule has 1 heteroatoms. The molecule has 1 nitrogen and oxygen atoms in total. The maximum absolute atomic E-state index is 5.78. The van der Waals surface area contributed by atoms with Gasteiger partial charge in [-0.25, -0.2) is 0 Å². The Labute approximate surface area is 57.6 Å². The van der Waals surface area contributed by atoms with Crippen LogP contribution >= 0.6 is 0 Å². The summed E-state index contributed by atoms with van der Waals surface area (Å²) in [4.78, 5) is 0. The molecule has 1 atom stereocenters. The molecule has 1 aliphatic rings. The summed E-state index contributed by atoms with van der Waals surface area (Å²) < 4.78 is 0. The van der Waals surface area contributed by atoms with E-state index in [9.17, 15) is 0 Å². The van der Waals surface area contributed by atoms with Crippen LogP contribution in [0.5, 0.6) is 0 Å². The van der Waals surface area contributed by atoms with Gasteiger partial charge in [-0.1, -0.05) is 26.2 Å². The first kappa shape index (κ1) is 7.07. The minimum Gasteiger partial charge on any atom is -0.328 e. The van der Waals surface area contributed by atoms with Crippen molar-refractivity contribution in [1.82, 2.24) is 0 Å². The Morgan fingerprint density at radius 1 is 1.56 bits per heavy atom. The van der Waals surface area contributed by atoms with Crippen molar-refractivity contribution in [3.8, 4) is 0 Å². The van der Waals surface area contributed by atoms with Crippen molar-refractivity contribution >= 4 is 0 Å². The van der Waals surface area contributed by atoms with E-state index in [1.165, 1.54) is 25.7 Å². The van der Waals surface area contributed by atoms with Crippen LogP contribution in [0.2, 0.25) is 0 Å². The van der Waals surface area contributed by atoms with E-state index in [0.29, 0.717) is 6.04 Å². The van der Waals surface area contributed by atoms with Crippen molar-refractivity contribution in [2.75, 3.05) is 0 Å². The molecule has 0 saturated heterocycles. The third-order valence-corrected chi connectivity index (χ3v) is 2.39. The molecule has 0 radical (unpaired) electrons. The van der Waals surface area contributed by atoms with Gasteiger partial charge in [0.1, 0.15) is 0 Å². The molecule has 0 amide bonds. The van der Waals surface area contributed by atoms with Crippen LogP contribution < -0.4 is 5.73 Å². The van der Waals surface area contributed by atoms with Gasteiger partial charge in [0.2, 0.25) is 0 Å². The second-order valence-electron chi connectivity index (χ2n) is 3.20. The van der Waals surface area contributed by atoms with Crippen LogP contribution in [0.15, 0.2) is 0 Å². The van der Waals surface area contributed by atoms with E-state index >= 15 is 0 Å². The zero-order valence-electron chi connectivity index (χ0n) is 6.27. The van der Waals surface area contributed by atoms with Gasteiger partial charge in [-0.05, 0) is 18.8 Å². The van der Waals surface area contributed by atoms with Crippen LogP contribution in [0.1, 0.15) is 39.0 Å². The lowest BCUT2D eigenvalue weighted by Crippen LogP contribution is -2.25. The molecule has 1 fully saturated rings.